The number of imidazole rings is 1. The van der Waals surface area contributed by atoms with Gasteiger partial charge >= 0.3 is 0 Å². The topological polar surface area (TPSA) is 39.9 Å². The number of halogens is 1. The highest BCUT2D eigenvalue weighted by Crippen LogP contribution is 2.26. The van der Waals surface area contributed by atoms with E-state index in [1.165, 1.54) is 0 Å². The molecule has 4 nitrogen and oxygen atoms in total. The van der Waals surface area contributed by atoms with Crippen LogP contribution in [0.1, 0.15) is 11.5 Å². The van der Waals surface area contributed by atoms with Crippen LogP contribution in [0.15, 0.2) is 42.6 Å². The molecule has 0 saturated carbocycles. The second kappa shape index (κ2) is 6.14. The van der Waals surface area contributed by atoms with E-state index in [0.29, 0.717) is 5.88 Å². The Morgan fingerprint density at radius 1 is 1.19 bits per heavy atom. The summed E-state index contributed by atoms with van der Waals surface area (Å²) >= 11 is 6.04. The van der Waals surface area contributed by atoms with Crippen LogP contribution in [0.5, 0.6) is 5.75 Å². The molecule has 21 heavy (non-hydrogen) atoms. The number of ether oxygens (including phenoxy) is 1. The summed E-state index contributed by atoms with van der Waals surface area (Å²) in [6.07, 6.45) is 2.65. The number of aryl methyl sites for hydroxylation is 2. The van der Waals surface area contributed by atoms with Crippen molar-refractivity contribution in [3.8, 4) is 5.75 Å². The van der Waals surface area contributed by atoms with E-state index in [9.17, 15) is 0 Å². The zero-order valence-electron chi connectivity index (χ0n) is 11.8. The van der Waals surface area contributed by atoms with E-state index in [-0.39, 0.29) is 0 Å². The third kappa shape index (κ3) is 2.72. The third-order valence-corrected chi connectivity index (χ3v) is 3.72. The molecule has 0 aliphatic heterocycles. The van der Waals surface area contributed by atoms with Gasteiger partial charge < -0.3 is 9.30 Å². The highest BCUT2D eigenvalue weighted by molar-refractivity contribution is 6.16. The summed E-state index contributed by atoms with van der Waals surface area (Å²) in [7, 11) is 1.65. The second-order valence-electron chi connectivity index (χ2n) is 4.71. The minimum absolute atomic E-state index is 0.375. The number of aromatic nitrogens is 3. The zero-order chi connectivity index (χ0) is 14.7. The zero-order valence-corrected chi connectivity index (χ0v) is 12.5. The van der Waals surface area contributed by atoms with Gasteiger partial charge in [0.15, 0.2) is 0 Å². The van der Waals surface area contributed by atoms with E-state index in [1.54, 1.807) is 7.11 Å². The molecule has 3 rings (SSSR count). The lowest BCUT2D eigenvalue weighted by Gasteiger charge is -2.07. The maximum Gasteiger partial charge on any atom is 0.146 e. The van der Waals surface area contributed by atoms with Gasteiger partial charge in [0.1, 0.15) is 17.1 Å². The van der Waals surface area contributed by atoms with Crippen molar-refractivity contribution in [1.29, 1.82) is 0 Å². The quantitative estimate of drug-likeness (QED) is 0.678. The Kier molecular flexibility index (Phi) is 4.06. The maximum atomic E-state index is 6.04. The molecule has 0 unspecified atom stereocenters. The number of para-hydroxylation sites is 1. The summed E-state index contributed by atoms with van der Waals surface area (Å²) in [4.78, 5) is 8.96. The van der Waals surface area contributed by atoms with Gasteiger partial charge in [-0.2, -0.15) is 0 Å². The molecule has 5 heteroatoms. The van der Waals surface area contributed by atoms with Crippen molar-refractivity contribution in [2.24, 2.45) is 0 Å². The van der Waals surface area contributed by atoms with Crippen molar-refractivity contribution < 1.29 is 4.74 Å². The number of hydrogen-bond acceptors (Lipinski definition) is 3. The average molecular weight is 302 g/mol. The smallest absolute Gasteiger partial charge is 0.146 e. The number of alkyl halides is 1. The van der Waals surface area contributed by atoms with Crippen LogP contribution in [0.2, 0.25) is 0 Å². The van der Waals surface area contributed by atoms with Gasteiger partial charge in [-0.15, -0.1) is 11.6 Å². The summed E-state index contributed by atoms with van der Waals surface area (Å²) in [5.41, 5.74) is 2.96. The van der Waals surface area contributed by atoms with Crippen LogP contribution >= 0.6 is 11.6 Å². The lowest BCUT2D eigenvalue weighted by Crippen LogP contribution is -2.05. The third-order valence-electron chi connectivity index (χ3n) is 3.48. The Bertz CT molecular complexity index is 740. The fraction of sp³-hybridized carbons (Fsp3) is 0.250. The molecule has 0 aliphatic carbocycles. The van der Waals surface area contributed by atoms with Crippen LogP contribution in [0.4, 0.5) is 0 Å². The van der Waals surface area contributed by atoms with Gasteiger partial charge in [0, 0.05) is 24.9 Å². The highest BCUT2D eigenvalue weighted by atomic mass is 35.5. The first-order valence-electron chi connectivity index (χ1n) is 6.81. The molecule has 0 radical (unpaired) electrons. The number of hydrogen-bond donors (Lipinski definition) is 0. The number of rotatable bonds is 5. The minimum Gasteiger partial charge on any atom is -0.494 e. The van der Waals surface area contributed by atoms with Crippen molar-refractivity contribution >= 4 is 22.6 Å². The highest BCUT2D eigenvalue weighted by Gasteiger charge is 2.13. The monoisotopic (exact) mass is 301 g/mol. The SMILES string of the molecule is COc1cccc2c1nc(CCl)n2CCc1ccccn1. The van der Waals surface area contributed by atoms with E-state index in [2.05, 4.69) is 14.5 Å². The molecule has 0 aliphatic rings. The fourth-order valence-corrected chi connectivity index (χ4v) is 2.66. The van der Waals surface area contributed by atoms with Crippen LogP contribution in [0, 0.1) is 0 Å². The van der Waals surface area contributed by atoms with E-state index >= 15 is 0 Å². The molecule has 108 valence electrons. The van der Waals surface area contributed by atoms with Gasteiger partial charge in [-0.3, -0.25) is 4.98 Å². The van der Waals surface area contributed by atoms with Crippen LogP contribution in [0.25, 0.3) is 11.0 Å². The molecule has 3 aromatic rings. The molecular formula is C16H16ClN3O. The van der Waals surface area contributed by atoms with Crippen molar-refractivity contribution in [2.75, 3.05) is 7.11 Å². The fourth-order valence-electron chi connectivity index (χ4n) is 2.46. The lowest BCUT2D eigenvalue weighted by atomic mass is 10.2. The molecular weight excluding hydrogens is 286 g/mol. The van der Waals surface area contributed by atoms with Crippen LogP contribution in [-0.4, -0.2) is 21.6 Å². The molecule has 0 fully saturated rings. The number of methoxy groups -OCH3 is 1. The Labute approximate surface area is 128 Å². The van der Waals surface area contributed by atoms with Gasteiger partial charge in [-0.25, -0.2) is 4.98 Å². The lowest BCUT2D eigenvalue weighted by molar-refractivity contribution is 0.419. The number of benzene rings is 1. The van der Waals surface area contributed by atoms with Crippen molar-refractivity contribution in [3.05, 3.63) is 54.1 Å². The molecule has 0 saturated heterocycles. The van der Waals surface area contributed by atoms with Gasteiger partial charge in [0.25, 0.3) is 0 Å². The summed E-state index contributed by atoms with van der Waals surface area (Å²) in [6.45, 7) is 0.794. The molecule has 0 spiro atoms. The standard InChI is InChI=1S/C16H16ClN3O/c1-21-14-7-4-6-13-16(14)19-15(11-17)20(13)10-8-12-5-2-3-9-18-12/h2-7,9H,8,10-11H2,1H3. The maximum absolute atomic E-state index is 6.04. The molecule has 0 amide bonds. The van der Waals surface area contributed by atoms with E-state index < -0.39 is 0 Å². The van der Waals surface area contributed by atoms with Crippen LogP contribution < -0.4 is 4.74 Å². The largest absolute Gasteiger partial charge is 0.494 e. The molecule has 2 aromatic heterocycles. The first-order chi connectivity index (χ1) is 10.3. The van der Waals surface area contributed by atoms with Gasteiger partial charge in [0.05, 0.1) is 18.5 Å². The molecule has 0 atom stereocenters. The van der Waals surface area contributed by atoms with Gasteiger partial charge in [-0.05, 0) is 24.3 Å². The van der Waals surface area contributed by atoms with E-state index in [0.717, 1.165) is 41.3 Å². The summed E-state index contributed by atoms with van der Waals surface area (Å²) in [5, 5.41) is 0. The Morgan fingerprint density at radius 2 is 2.10 bits per heavy atom. The van der Waals surface area contributed by atoms with E-state index in [4.69, 9.17) is 16.3 Å². The first-order valence-corrected chi connectivity index (χ1v) is 7.35. The van der Waals surface area contributed by atoms with Crippen molar-refractivity contribution in [2.45, 2.75) is 18.8 Å². The normalized spacial score (nSPS) is 11.0. The Hall–Kier alpha value is -2.07. The van der Waals surface area contributed by atoms with Crippen molar-refractivity contribution in [1.82, 2.24) is 14.5 Å². The Morgan fingerprint density at radius 3 is 2.81 bits per heavy atom. The minimum atomic E-state index is 0.375. The predicted molar refractivity (Wildman–Crippen MR) is 83.8 cm³/mol. The molecule has 2 heterocycles. The second-order valence-corrected chi connectivity index (χ2v) is 4.98. The Balaban J connectivity index is 1.97. The predicted octanol–water partition coefficient (Wildman–Crippen LogP) is 3.42. The molecule has 1 aromatic carbocycles. The molecule has 0 N–H and O–H groups in total. The van der Waals surface area contributed by atoms with E-state index in [1.807, 2.05) is 42.6 Å². The summed E-state index contributed by atoms with van der Waals surface area (Å²) in [5.74, 6) is 2.00. The summed E-state index contributed by atoms with van der Waals surface area (Å²) < 4.78 is 7.51. The summed E-state index contributed by atoms with van der Waals surface area (Å²) in [6, 6.07) is 11.9. The average Bonchev–Trinajstić information content (AvgIpc) is 2.91. The van der Waals surface area contributed by atoms with Gasteiger partial charge in [-0.1, -0.05) is 12.1 Å². The van der Waals surface area contributed by atoms with Crippen LogP contribution in [-0.2, 0) is 18.8 Å². The van der Waals surface area contributed by atoms with Gasteiger partial charge in [0.2, 0.25) is 0 Å². The first kappa shape index (κ1) is 13.9. The molecule has 0 bridgehead atoms. The number of pyridine rings is 1. The van der Waals surface area contributed by atoms with Crippen molar-refractivity contribution in [3.63, 3.8) is 0 Å². The number of fused-ring (bicyclic) bond motifs is 1. The van der Waals surface area contributed by atoms with Crippen LogP contribution in [0.3, 0.4) is 0 Å². The number of nitrogens with zero attached hydrogens (tertiary/aromatic N) is 3.